The van der Waals surface area contributed by atoms with Gasteiger partial charge in [-0.1, -0.05) is 13.3 Å². The Labute approximate surface area is 95.4 Å². The topological polar surface area (TPSA) is 61.8 Å². The van der Waals surface area contributed by atoms with Gasteiger partial charge in [0, 0.05) is 12.2 Å². The van der Waals surface area contributed by atoms with Crippen molar-refractivity contribution in [3.63, 3.8) is 0 Å². The van der Waals surface area contributed by atoms with Gasteiger partial charge in [0.05, 0.1) is 13.7 Å². The van der Waals surface area contributed by atoms with Gasteiger partial charge in [0.15, 0.2) is 6.29 Å². The Kier molecular flexibility index (Phi) is 8.15. The van der Waals surface area contributed by atoms with Gasteiger partial charge in [-0.15, -0.1) is 0 Å². The number of esters is 2. The second-order valence-electron chi connectivity index (χ2n) is 3.09. The first kappa shape index (κ1) is 14.6. The predicted molar refractivity (Wildman–Crippen MR) is 57.6 cm³/mol. The van der Waals surface area contributed by atoms with Crippen molar-refractivity contribution in [2.24, 2.45) is 0 Å². The molecule has 0 saturated carbocycles. The summed E-state index contributed by atoms with van der Waals surface area (Å²) >= 11 is 0. The van der Waals surface area contributed by atoms with Crippen LogP contribution in [0.15, 0.2) is 12.2 Å². The van der Waals surface area contributed by atoms with Gasteiger partial charge in [-0.3, -0.25) is 0 Å². The molecule has 5 heteroatoms. The lowest BCUT2D eigenvalue weighted by molar-refractivity contribution is -0.169. The maximum absolute atomic E-state index is 11.1. The van der Waals surface area contributed by atoms with Crippen LogP contribution in [-0.2, 0) is 23.8 Å². The molecule has 0 N–H and O–H groups in total. The van der Waals surface area contributed by atoms with Gasteiger partial charge in [-0.2, -0.15) is 0 Å². The molecule has 0 rings (SSSR count). The Morgan fingerprint density at radius 2 is 1.88 bits per heavy atom. The third-order valence-electron chi connectivity index (χ3n) is 1.69. The van der Waals surface area contributed by atoms with Gasteiger partial charge in [-0.25, -0.2) is 9.59 Å². The number of methoxy groups -OCH3 is 1. The molecule has 0 radical (unpaired) electrons. The monoisotopic (exact) mass is 230 g/mol. The average Bonchev–Trinajstić information content (AvgIpc) is 2.26. The lowest BCUT2D eigenvalue weighted by Gasteiger charge is -2.12. The predicted octanol–water partition coefficient (Wildman–Crippen LogP) is 1.42. The van der Waals surface area contributed by atoms with Gasteiger partial charge >= 0.3 is 11.9 Å². The molecule has 0 aliphatic heterocycles. The maximum Gasteiger partial charge on any atom is 0.333 e. The Balaban J connectivity index is 3.77. The zero-order valence-corrected chi connectivity index (χ0v) is 9.89. The highest BCUT2D eigenvalue weighted by atomic mass is 16.7. The Hall–Kier alpha value is -1.36. The van der Waals surface area contributed by atoms with Crippen LogP contribution in [0.25, 0.3) is 0 Å². The van der Waals surface area contributed by atoms with E-state index in [0.717, 1.165) is 25.0 Å². The second-order valence-corrected chi connectivity index (χ2v) is 3.09. The largest absolute Gasteiger partial charge is 0.466 e. The SMILES string of the molecule is CCCCOC(C)OC(=O)/C=C/C(=O)OC. The molecule has 92 valence electrons. The third-order valence-corrected chi connectivity index (χ3v) is 1.69. The Morgan fingerprint density at radius 1 is 1.25 bits per heavy atom. The molecule has 0 heterocycles. The van der Waals surface area contributed by atoms with E-state index in [0.29, 0.717) is 6.61 Å². The van der Waals surface area contributed by atoms with Crippen LogP contribution in [0.4, 0.5) is 0 Å². The summed E-state index contributed by atoms with van der Waals surface area (Å²) < 4.78 is 14.3. The third kappa shape index (κ3) is 7.99. The van der Waals surface area contributed by atoms with E-state index in [4.69, 9.17) is 9.47 Å². The van der Waals surface area contributed by atoms with Crippen molar-refractivity contribution in [1.82, 2.24) is 0 Å². The van der Waals surface area contributed by atoms with Crippen LogP contribution in [0.3, 0.4) is 0 Å². The number of ether oxygens (including phenoxy) is 3. The Morgan fingerprint density at radius 3 is 2.44 bits per heavy atom. The maximum atomic E-state index is 11.1. The smallest absolute Gasteiger partial charge is 0.333 e. The summed E-state index contributed by atoms with van der Waals surface area (Å²) in [6, 6.07) is 0. The van der Waals surface area contributed by atoms with Gasteiger partial charge in [-0.05, 0) is 13.3 Å². The standard InChI is InChI=1S/C11H18O5/c1-4-5-8-15-9(2)16-11(13)7-6-10(12)14-3/h6-7,9H,4-5,8H2,1-3H3/b7-6+. The van der Waals surface area contributed by atoms with Crippen molar-refractivity contribution in [3.05, 3.63) is 12.2 Å². The molecule has 0 aliphatic rings. The summed E-state index contributed by atoms with van der Waals surface area (Å²) in [4.78, 5) is 21.8. The van der Waals surface area contributed by atoms with E-state index >= 15 is 0 Å². The van der Waals surface area contributed by atoms with Crippen molar-refractivity contribution in [3.8, 4) is 0 Å². The van der Waals surface area contributed by atoms with Crippen molar-refractivity contribution in [1.29, 1.82) is 0 Å². The number of hydrogen-bond acceptors (Lipinski definition) is 5. The van der Waals surface area contributed by atoms with Gasteiger partial charge in [0.2, 0.25) is 0 Å². The summed E-state index contributed by atoms with van der Waals surface area (Å²) in [5.41, 5.74) is 0. The molecule has 0 saturated heterocycles. The summed E-state index contributed by atoms with van der Waals surface area (Å²) in [6.45, 7) is 4.21. The van der Waals surface area contributed by atoms with Crippen LogP contribution in [0, 0.1) is 0 Å². The molecule has 0 aromatic heterocycles. The van der Waals surface area contributed by atoms with Gasteiger partial charge in [0.1, 0.15) is 0 Å². The fourth-order valence-corrected chi connectivity index (χ4v) is 0.835. The molecular formula is C11H18O5. The van der Waals surface area contributed by atoms with Crippen molar-refractivity contribution in [2.45, 2.75) is 33.0 Å². The number of carbonyl (C=O) groups is 2. The first-order valence-electron chi connectivity index (χ1n) is 5.18. The van der Waals surface area contributed by atoms with E-state index in [-0.39, 0.29) is 0 Å². The van der Waals surface area contributed by atoms with Crippen molar-refractivity contribution >= 4 is 11.9 Å². The van der Waals surface area contributed by atoms with Crippen LogP contribution >= 0.6 is 0 Å². The molecular weight excluding hydrogens is 212 g/mol. The first-order chi connectivity index (χ1) is 7.60. The molecule has 5 nitrogen and oxygen atoms in total. The van der Waals surface area contributed by atoms with Crippen LogP contribution in [0.1, 0.15) is 26.7 Å². The molecule has 0 aliphatic carbocycles. The fraction of sp³-hybridized carbons (Fsp3) is 0.636. The molecule has 0 spiro atoms. The molecule has 0 fully saturated rings. The number of carbonyl (C=O) groups excluding carboxylic acids is 2. The molecule has 0 aromatic carbocycles. The summed E-state index contributed by atoms with van der Waals surface area (Å²) in [6.07, 6.45) is 3.33. The van der Waals surface area contributed by atoms with E-state index in [1.165, 1.54) is 7.11 Å². The molecule has 0 aromatic rings. The zero-order chi connectivity index (χ0) is 12.4. The number of hydrogen-bond donors (Lipinski definition) is 0. The van der Waals surface area contributed by atoms with Crippen molar-refractivity contribution in [2.75, 3.05) is 13.7 Å². The summed E-state index contributed by atoms with van der Waals surface area (Å²) in [7, 11) is 1.23. The minimum absolute atomic E-state index is 0.547. The van der Waals surface area contributed by atoms with Gasteiger partial charge in [0.25, 0.3) is 0 Å². The summed E-state index contributed by atoms with van der Waals surface area (Å²) in [5, 5.41) is 0. The minimum atomic E-state index is -0.630. The highest BCUT2D eigenvalue weighted by Crippen LogP contribution is 1.98. The summed E-state index contributed by atoms with van der Waals surface area (Å²) in [5.74, 6) is -1.23. The van der Waals surface area contributed by atoms with E-state index in [1.54, 1.807) is 6.92 Å². The molecule has 1 unspecified atom stereocenters. The first-order valence-corrected chi connectivity index (χ1v) is 5.18. The fourth-order valence-electron chi connectivity index (χ4n) is 0.835. The number of rotatable bonds is 7. The molecule has 1 atom stereocenters. The molecule has 0 amide bonds. The van der Waals surface area contributed by atoms with E-state index in [1.807, 2.05) is 6.92 Å². The lowest BCUT2D eigenvalue weighted by atomic mass is 10.4. The van der Waals surface area contributed by atoms with Crippen LogP contribution in [0.5, 0.6) is 0 Å². The van der Waals surface area contributed by atoms with Crippen LogP contribution < -0.4 is 0 Å². The second kappa shape index (κ2) is 8.91. The average molecular weight is 230 g/mol. The van der Waals surface area contributed by atoms with Crippen LogP contribution in [-0.4, -0.2) is 31.9 Å². The normalized spacial score (nSPS) is 12.4. The zero-order valence-electron chi connectivity index (χ0n) is 9.89. The van der Waals surface area contributed by atoms with Crippen LogP contribution in [0.2, 0.25) is 0 Å². The Bertz CT molecular complexity index is 247. The van der Waals surface area contributed by atoms with E-state index < -0.39 is 18.2 Å². The molecule has 16 heavy (non-hydrogen) atoms. The lowest BCUT2D eigenvalue weighted by Crippen LogP contribution is -2.17. The number of unbranched alkanes of at least 4 members (excludes halogenated alkanes) is 1. The minimum Gasteiger partial charge on any atom is -0.466 e. The van der Waals surface area contributed by atoms with Gasteiger partial charge < -0.3 is 14.2 Å². The van der Waals surface area contributed by atoms with Crippen molar-refractivity contribution < 1.29 is 23.8 Å². The van der Waals surface area contributed by atoms with E-state index in [9.17, 15) is 9.59 Å². The quantitative estimate of drug-likeness (QED) is 0.286. The highest BCUT2D eigenvalue weighted by Gasteiger charge is 2.06. The van der Waals surface area contributed by atoms with E-state index in [2.05, 4.69) is 4.74 Å². The highest BCUT2D eigenvalue weighted by molar-refractivity contribution is 5.91. The molecule has 0 bridgehead atoms.